The van der Waals surface area contributed by atoms with Crippen molar-refractivity contribution in [2.24, 2.45) is 0 Å². The number of hydrogen-bond acceptors (Lipinski definition) is 7. The van der Waals surface area contributed by atoms with Crippen LogP contribution in [0.2, 0.25) is 0 Å². The molecule has 0 unspecified atom stereocenters. The minimum absolute atomic E-state index is 0.0962. The minimum Gasteiger partial charge on any atom is -0.301 e. The molecule has 30 heavy (non-hydrogen) atoms. The van der Waals surface area contributed by atoms with Gasteiger partial charge in [-0.3, -0.25) is 4.79 Å². The fourth-order valence-electron chi connectivity index (χ4n) is 3.07. The zero-order valence-corrected chi connectivity index (χ0v) is 18.4. The number of hydrogen-bond donors (Lipinski definition) is 1. The number of carbonyl (C=O) groups excluding carboxylic acids is 1. The molecule has 0 aliphatic carbocycles. The molecule has 5 nitrogen and oxygen atoms in total. The molecular weight excluding hydrogens is 432 g/mol. The lowest BCUT2D eigenvalue weighted by Gasteiger charge is -2.02. The molecule has 1 amide bonds. The van der Waals surface area contributed by atoms with Crippen LogP contribution in [0.3, 0.4) is 0 Å². The van der Waals surface area contributed by atoms with Crippen molar-refractivity contribution in [3.63, 3.8) is 0 Å². The summed E-state index contributed by atoms with van der Waals surface area (Å²) in [5, 5.41) is 5.32. The zero-order valence-electron chi connectivity index (χ0n) is 16.0. The van der Waals surface area contributed by atoms with Gasteiger partial charge in [-0.25, -0.2) is 15.0 Å². The summed E-state index contributed by atoms with van der Waals surface area (Å²) in [6, 6.07) is 18.4. The van der Waals surface area contributed by atoms with Gasteiger partial charge in [0.1, 0.15) is 16.2 Å². The number of fused-ring (bicyclic) bond motifs is 2. The molecule has 0 fully saturated rings. The van der Waals surface area contributed by atoms with Crippen molar-refractivity contribution in [3.8, 4) is 10.4 Å². The van der Waals surface area contributed by atoms with Gasteiger partial charge >= 0.3 is 0 Å². The number of nitrogens with zero attached hydrogens (tertiary/aromatic N) is 3. The number of nitrogens with one attached hydrogen (secondary N) is 1. The summed E-state index contributed by atoms with van der Waals surface area (Å²) >= 11 is 4.53. The van der Waals surface area contributed by atoms with Gasteiger partial charge in [-0.15, -0.1) is 11.3 Å². The molecule has 5 rings (SSSR count). The molecule has 3 aromatic heterocycles. The van der Waals surface area contributed by atoms with Gasteiger partial charge in [-0.2, -0.15) is 0 Å². The smallest absolute Gasteiger partial charge is 0.236 e. The molecule has 1 N–H and O–H groups in total. The lowest BCUT2D eigenvalue weighted by atomic mass is 10.2. The average molecular weight is 449 g/mol. The first kappa shape index (κ1) is 19.2. The number of thiophene rings is 1. The van der Waals surface area contributed by atoms with Crippen LogP contribution >= 0.6 is 34.4 Å². The molecule has 0 atom stereocenters. The standard InChI is InChI=1S/C22H16N4OS3/c1-13-7-8-17-16(9-13)25-22(30-17)26-19(27)11-28-20-15-10-18(14-5-3-2-4-6-14)29-21(15)24-12-23-20/h2-10,12H,11H2,1H3,(H,25,26,27). The minimum atomic E-state index is -0.0962. The third-order valence-electron chi connectivity index (χ3n) is 4.48. The lowest BCUT2D eigenvalue weighted by Crippen LogP contribution is -2.13. The highest BCUT2D eigenvalue weighted by molar-refractivity contribution is 8.00. The Hall–Kier alpha value is -2.81. The Morgan fingerprint density at radius 1 is 1.07 bits per heavy atom. The maximum absolute atomic E-state index is 12.5. The molecule has 0 aliphatic rings. The number of rotatable bonds is 5. The third kappa shape index (κ3) is 3.94. The Morgan fingerprint density at radius 3 is 2.80 bits per heavy atom. The van der Waals surface area contributed by atoms with Crippen LogP contribution in [0.4, 0.5) is 5.13 Å². The van der Waals surface area contributed by atoms with E-state index >= 15 is 0 Å². The van der Waals surface area contributed by atoms with Crippen molar-refractivity contribution in [3.05, 3.63) is 66.5 Å². The largest absolute Gasteiger partial charge is 0.301 e. The Bertz CT molecular complexity index is 1360. The van der Waals surface area contributed by atoms with Crippen molar-refractivity contribution in [2.45, 2.75) is 11.9 Å². The van der Waals surface area contributed by atoms with E-state index in [4.69, 9.17) is 0 Å². The van der Waals surface area contributed by atoms with Gasteiger partial charge in [-0.05, 0) is 36.2 Å². The van der Waals surface area contributed by atoms with E-state index in [2.05, 4.69) is 38.5 Å². The second kappa shape index (κ2) is 8.14. The summed E-state index contributed by atoms with van der Waals surface area (Å²) in [5.74, 6) is 0.165. The number of carbonyl (C=O) groups is 1. The van der Waals surface area contributed by atoms with E-state index < -0.39 is 0 Å². The number of anilines is 1. The second-order valence-corrected chi connectivity index (χ2v) is 9.73. The van der Waals surface area contributed by atoms with Gasteiger partial charge in [0.05, 0.1) is 16.0 Å². The van der Waals surface area contributed by atoms with Crippen LogP contribution in [0, 0.1) is 6.92 Å². The molecule has 5 aromatic rings. The first-order valence-corrected chi connectivity index (χ1v) is 11.9. The van der Waals surface area contributed by atoms with E-state index in [1.807, 2.05) is 43.3 Å². The molecule has 8 heteroatoms. The average Bonchev–Trinajstić information content (AvgIpc) is 3.36. The molecule has 0 saturated heterocycles. The summed E-state index contributed by atoms with van der Waals surface area (Å²) in [4.78, 5) is 27.9. The Labute approximate surface area is 185 Å². The maximum atomic E-state index is 12.5. The first-order chi connectivity index (χ1) is 14.7. The molecule has 0 saturated carbocycles. The topological polar surface area (TPSA) is 67.8 Å². The van der Waals surface area contributed by atoms with Gasteiger partial charge < -0.3 is 5.32 Å². The fraction of sp³-hybridized carbons (Fsp3) is 0.0909. The number of amides is 1. The quantitative estimate of drug-likeness (QED) is 0.263. The van der Waals surface area contributed by atoms with E-state index in [1.54, 1.807) is 17.7 Å². The van der Waals surface area contributed by atoms with Crippen molar-refractivity contribution >= 4 is 65.9 Å². The molecule has 2 aromatic carbocycles. The number of thioether (sulfide) groups is 1. The molecule has 148 valence electrons. The SMILES string of the molecule is Cc1ccc2sc(NC(=O)CSc3ncnc4sc(-c5ccccc5)cc34)nc2c1. The van der Waals surface area contributed by atoms with Crippen molar-refractivity contribution in [2.75, 3.05) is 11.1 Å². The summed E-state index contributed by atoms with van der Waals surface area (Å²) in [6.45, 7) is 2.03. The predicted octanol–water partition coefficient (Wildman–Crippen LogP) is 6.01. The molecule has 0 bridgehead atoms. The van der Waals surface area contributed by atoms with Gasteiger partial charge in [0, 0.05) is 10.3 Å². The van der Waals surface area contributed by atoms with Crippen molar-refractivity contribution < 1.29 is 4.79 Å². The molecule has 0 spiro atoms. The van der Waals surface area contributed by atoms with Gasteiger partial charge in [-0.1, -0.05) is 59.5 Å². The Kier molecular flexibility index (Phi) is 5.20. The highest BCUT2D eigenvalue weighted by Crippen LogP contribution is 2.36. The molecular formula is C22H16N4OS3. The molecule has 3 heterocycles. The van der Waals surface area contributed by atoms with Crippen LogP contribution < -0.4 is 5.32 Å². The summed E-state index contributed by atoms with van der Waals surface area (Å²) in [5.41, 5.74) is 3.21. The normalized spacial score (nSPS) is 11.2. The zero-order chi connectivity index (χ0) is 20.5. The summed E-state index contributed by atoms with van der Waals surface area (Å²) < 4.78 is 1.06. The van der Waals surface area contributed by atoms with Crippen molar-refractivity contribution in [1.29, 1.82) is 0 Å². The van der Waals surface area contributed by atoms with Gasteiger partial charge in [0.15, 0.2) is 5.13 Å². The van der Waals surface area contributed by atoms with Crippen LogP contribution in [0.25, 0.3) is 30.9 Å². The van der Waals surface area contributed by atoms with Crippen LogP contribution in [0.1, 0.15) is 5.56 Å². The number of aromatic nitrogens is 3. The number of aryl methyl sites for hydroxylation is 1. The van der Waals surface area contributed by atoms with Crippen molar-refractivity contribution in [1.82, 2.24) is 15.0 Å². The summed E-state index contributed by atoms with van der Waals surface area (Å²) in [6.07, 6.45) is 1.56. The van der Waals surface area contributed by atoms with E-state index in [9.17, 15) is 4.79 Å². The third-order valence-corrected chi connectivity index (χ3v) is 7.53. The van der Waals surface area contributed by atoms with Crippen LogP contribution in [-0.2, 0) is 4.79 Å². The Morgan fingerprint density at radius 2 is 1.93 bits per heavy atom. The highest BCUT2D eigenvalue weighted by atomic mass is 32.2. The summed E-state index contributed by atoms with van der Waals surface area (Å²) in [7, 11) is 0. The van der Waals surface area contributed by atoms with E-state index in [-0.39, 0.29) is 11.7 Å². The van der Waals surface area contributed by atoms with Crippen LogP contribution in [0.15, 0.2) is 66.0 Å². The molecule has 0 radical (unpaired) electrons. The monoisotopic (exact) mass is 448 g/mol. The first-order valence-electron chi connectivity index (χ1n) is 9.25. The Balaban J connectivity index is 1.31. The van der Waals surface area contributed by atoms with Gasteiger partial charge in [0.2, 0.25) is 5.91 Å². The van der Waals surface area contributed by atoms with Crippen LogP contribution in [-0.4, -0.2) is 26.6 Å². The number of thiazole rings is 1. The highest BCUT2D eigenvalue weighted by Gasteiger charge is 2.13. The van der Waals surface area contributed by atoms with Crippen LogP contribution in [0.5, 0.6) is 0 Å². The van der Waals surface area contributed by atoms with E-state index in [0.29, 0.717) is 5.13 Å². The van der Waals surface area contributed by atoms with E-state index in [1.165, 1.54) is 23.1 Å². The number of benzene rings is 2. The fourth-order valence-corrected chi connectivity index (χ4v) is 5.78. The molecule has 0 aliphatic heterocycles. The van der Waals surface area contributed by atoms with E-state index in [0.717, 1.165) is 41.5 Å². The van der Waals surface area contributed by atoms with Gasteiger partial charge in [0.25, 0.3) is 0 Å². The second-order valence-electron chi connectivity index (χ2n) is 6.70. The maximum Gasteiger partial charge on any atom is 0.236 e. The predicted molar refractivity (Wildman–Crippen MR) is 127 cm³/mol. The lowest BCUT2D eigenvalue weighted by molar-refractivity contribution is -0.113.